The topological polar surface area (TPSA) is 15.6 Å². The van der Waals surface area contributed by atoms with E-state index in [0.29, 0.717) is 0 Å². The normalized spacial score (nSPS) is 32.6. The highest BCUT2D eigenvalue weighted by Gasteiger charge is 2.02. The first kappa shape index (κ1) is 7.32. The maximum absolute atomic E-state index is 4.07. The molecule has 10 heavy (non-hydrogen) atoms. The smallest absolute Gasteiger partial charge is 0.0902 e. The van der Waals surface area contributed by atoms with Gasteiger partial charge in [-0.25, -0.2) is 4.99 Å². The van der Waals surface area contributed by atoms with Crippen LogP contribution in [0.2, 0.25) is 0 Å². The molecule has 0 radical (unpaired) electrons. The summed E-state index contributed by atoms with van der Waals surface area (Å²) < 4.78 is 0. The fraction of sp³-hybridized carbons (Fsp3) is 0.625. The molecule has 1 heterocycles. The number of aliphatic imine (C=N–C) groups is 1. The van der Waals surface area contributed by atoms with Crippen molar-refractivity contribution in [2.24, 2.45) is 10.9 Å². The zero-order valence-electron chi connectivity index (χ0n) is 6.62. The molecule has 0 saturated carbocycles. The van der Waals surface area contributed by atoms with Crippen molar-refractivity contribution in [3.05, 3.63) is 12.3 Å². The van der Waals surface area contributed by atoms with Crippen molar-refractivity contribution in [1.82, 2.24) is 4.90 Å². The zero-order chi connectivity index (χ0) is 7.40. The third-order valence-electron chi connectivity index (χ3n) is 1.59. The first-order chi connectivity index (χ1) is 4.79. The van der Waals surface area contributed by atoms with Crippen LogP contribution in [0.1, 0.15) is 13.3 Å². The van der Waals surface area contributed by atoms with E-state index >= 15 is 0 Å². The second-order valence-corrected chi connectivity index (χ2v) is 2.93. The molecule has 0 bridgehead atoms. The SMILES string of the molecule is CC1C/C=C/N=C\N(C)C1. The van der Waals surface area contributed by atoms with Gasteiger partial charge in [0.1, 0.15) is 0 Å². The van der Waals surface area contributed by atoms with Crippen molar-refractivity contribution in [2.45, 2.75) is 13.3 Å². The van der Waals surface area contributed by atoms with Gasteiger partial charge in [-0.1, -0.05) is 13.0 Å². The van der Waals surface area contributed by atoms with Crippen molar-refractivity contribution in [3.8, 4) is 0 Å². The maximum atomic E-state index is 4.07. The van der Waals surface area contributed by atoms with Crippen molar-refractivity contribution < 1.29 is 0 Å². The van der Waals surface area contributed by atoms with E-state index in [1.54, 1.807) is 0 Å². The first-order valence-electron chi connectivity index (χ1n) is 3.67. The van der Waals surface area contributed by atoms with E-state index < -0.39 is 0 Å². The molecule has 1 aliphatic rings. The van der Waals surface area contributed by atoms with E-state index in [9.17, 15) is 0 Å². The third-order valence-corrected chi connectivity index (χ3v) is 1.59. The molecule has 1 atom stereocenters. The van der Waals surface area contributed by atoms with E-state index in [4.69, 9.17) is 0 Å². The number of hydrogen-bond acceptors (Lipinski definition) is 2. The van der Waals surface area contributed by atoms with Crippen LogP contribution in [0.25, 0.3) is 0 Å². The summed E-state index contributed by atoms with van der Waals surface area (Å²) >= 11 is 0. The Morgan fingerprint density at radius 3 is 3.20 bits per heavy atom. The fourth-order valence-corrected chi connectivity index (χ4v) is 1.12. The van der Waals surface area contributed by atoms with E-state index in [0.717, 1.165) is 18.9 Å². The van der Waals surface area contributed by atoms with Crippen molar-refractivity contribution in [2.75, 3.05) is 13.6 Å². The lowest BCUT2D eigenvalue weighted by Crippen LogP contribution is -2.23. The molecule has 0 aliphatic carbocycles. The summed E-state index contributed by atoms with van der Waals surface area (Å²) in [5.74, 6) is 0.744. The highest BCUT2D eigenvalue weighted by molar-refractivity contribution is 5.55. The molecule has 1 unspecified atom stereocenters. The zero-order valence-corrected chi connectivity index (χ0v) is 6.62. The lowest BCUT2D eigenvalue weighted by molar-refractivity contribution is 0.412. The van der Waals surface area contributed by atoms with Gasteiger partial charge in [0.25, 0.3) is 0 Å². The quantitative estimate of drug-likeness (QED) is 0.495. The molecular formula is C8H14N2. The molecule has 0 N–H and O–H groups in total. The van der Waals surface area contributed by atoms with Gasteiger partial charge in [0.15, 0.2) is 0 Å². The molecule has 0 spiro atoms. The van der Waals surface area contributed by atoms with Crippen molar-refractivity contribution in [1.29, 1.82) is 0 Å². The minimum absolute atomic E-state index is 0.744. The predicted molar refractivity (Wildman–Crippen MR) is 44.0 cm³/mol. The summed E-state index contributed by atoms with van der Waals surface area (Å²) in [7, 11) is 2.05. The van der Waals surface area contributed by atoms with E-state index in [2.05, 4.69) is 29.9 Å². The molecule has 0 saturated heterocycles. The van der Waals surface area contributed by atoms with Gasteiger partial charge in [0.2, 0.25) is 0 Å². The average Bonchev–Trinajstić information content (AvgIpc) is 1.83. The summed E-state index contributed by atoms with van der Waals surface area (Å²) in [6.45, 7) is 3.36. The molecule has 2 nitrogen and oxygen atoms in total. The second-order valence-electron chi connectivity index (χ2n) is 2.93. The van der Waals surface area contributed by atoms with Gasteiger partial charge in [0, 0.05) is 19.8 Å². The Labute approximate surface area is 62.3 Å². The Balaban J connectivity index is 2.52. The molecule has 56 valence electrons. The highest BCUT2D eigenvalue weighted by Crippen LogP contribution is 2.05. The number of nitrogens with zero attached hydrogens (tertiary/aromatic N) is 2. The molecular weight excluding hydrogens is 124 g/mol. The Morgan fingerprint density at radius 1 is 1.60 bits per heavy atom. The summed E-state index contributed by atoms with van der Waals surface area (Å²) in [6, 6.07) is 0. The first-order valence-corrected chi connectivity index (χ1v) is 3.67. The molecule has 0 aromatic carbocycles. The summed E-state index contributed by atoms with van der Waals surface area (Å²) in [5, 5.41) is 0. The summed E-state index contributed by atoms with van der Waals surface area (Å²) in [5.41, 5.74) is 0. The lowest BCUT2D eigenvalue weighted by Gasteiger charge is -2.18. The molecule has 1 aliphatic heterocycles. The minimum Gasteiger partial charge on any atom is -0.365 e. The van der Waals surface area contributed by atoms with Crippen LogP contribution in [-0.2, 0) is 0 Å². The van der Waals surface area contributed by atoms with Crippen molar-refractivity contribution >= 4 is 6.34 Å². The Morgan fingerprint density at radius 2 is 2.40 bits per heavy atom. The van der Waals surface area contributed by atoms with Gasteiger partial charge >= 0.3 is 0 Å². The van der Waals surface area contributed by atoms with Crippen LogP contribution in [0.15, 0.2) is 17.3 Å². The highest BCUT2D eigenvalue weighted by atomic mass is 15.1. The van der Waals surface area contributed by atoms with Crippen LogP contribution >= 0.6 is 0 Å². The average molecular weight is 138 g/mol. The standard InChI is InChI=1S/C8H14N2/c1-8-4-3-5-9-7-10(2)6-8/h3,5,7-8H,4,6H2,1-2H3/b5-3+,9-7-. The van der Waals surface area contributed by atoms with E-state index in [1.807, 2.05) is 12.5 Å². The largest absolute Gasteiger partial charge is 0.365 e. The van der Waals surface area contributed by atoms with Crippen molar-refractivity contribution in [3.63, 3.8) is 0 Å². The molecule has 2 heteroatoms. The summed E-state index contributed by atoms with van der Waals surface area (Å²) in [4.78, 5) is 6.19. The van der Waals surface area contributed by atoms with Crippen LogP contribution < -0.4 is 0 Å². The molecule has 0 fully saturated rings. The van der Waals surface area contributed by atoms with Gasteiger partial charge in [0.05, 0.1) is 6.34 Å². The molecule has 0 aromatic rings. The summed E-state index contributed by atoms with van der Waals surface area (Å²) in [6.07, 6.45) is 6.99. The van der Waals surface area contributed by atoms with Gasteiger partial charge in [-0.2, -0.15) is 0 Å². The Bertz CT molecular complexity index is 149. The monoisotopic (exact) mass is 138 g/mol. The maximum Gasteiger partial charge on any atom is 0.0902 e. The molecule has 0 aromatic heterocycles. The van der Waals surface area contributed by atoms with Gasteiger partial charge in [-0.3, -0.25) is 0 Å². The van der Waals surface area contributed by atoms with E-state index in [-0.39, 0.29) is 0 Å². The molecule has 0 amide bonds. The van der Waals surface area contributed by atoms with E-state index in [1.165, 1.54) is 0 Å². The van der Waals surface area contributed by atoms with Crippen LogP contribution in [0.4, 0.5) is 0 Å². The lowest BCUT2D eigenvalue weighted by atomic mass is 10.1. The third kappa shape index (κ3) is 2.21. The van der Waals surface area contributed by atoms with Gasteiger partial charge in [-0.05, 0) is 12.3 Å². The van der Waals surface area contributed by atoms with Gasteiger partial charge < -0.3 is 4.90 Å². The Hall–Kier alpha value is -0.790. The Kier molecular flexibility index (Phi) is 2.49. The van der Waals surface area contributed by atoms with Crippen LogP contribution in [0.5, 0.6) is 0 Å². The minimum atomic E-state index is 0.744. The molecule has 1 rings (SSSR count). The number of hydrogen-bond donors (Lipinski definition) is 0. The van der Waals surface area contributed by atoms with Crippen LogP contribution in [0.3, 0.4) is 0 Å². The predicted octanol–water partition coefficient (Wildman–Crippen LogP) is 1.50. The van der Waals surface area contributed by atoms with Crippen LogP contribution in [-0.4, -0.2) is 24.8 Å². The van der Waals surface area contributed by atoms with Gasteiger partial charge in [-0.15, -0.1) is 0 Å². The number of rotatable bonds is 0. The second kappa shape index (κ2) is 3.40. The number of allylic oxidation sites excluding steroid dienone is 1. The van der Waals surface area contributed by atoms with Crippen LogP contribution in [0, 0.1) is 5.92 Å². The fourth-order valence-electron chi connectivity index (χ4n) is 1.12.